The van der Waals surface area contributed by atoms with Gasteiger partial charge in [-0.25, -0.2) is 17.5 Å². The number of aryl methyl sites for hydroxylation is 1. The minimum absolute atomic E-state index is 0.00508. The fourth-order valence-electron chi connectivity index (χ4n) is 6.44. The van der Waals surface area contributed by atoms with Gasteiger partial charge in [0.25, 0.3) is 0 Å². The van der Waals surface area contributed by atoms with E-state index < -0.39 is 34.0 Å². The molecule has 3 unspecified atom stereocenters. The van der Waals surface area contributed by atoms with Gasteiger partial charge in [-0.2, -0.15) is 0 Å². The van der Waals surface area contributed by atoms with E-state index in [0.717, 1.165) is 43.1 Å². The Morgan fingerprint density at radius 1 is 0.980 bits per heavy atom. The highest BCUT2D eigenvalue weighted by atomic mass is 32.2. The van der Waals surface area contributed by atoms with Crippen LogP contribution in [0.5, 0.6) is 0 Å². The van der Waals surface area contributed by atoms with E-state index in [9.17, 15) is 32.3 Å². The predicted molar refractivity (Wildman–Crippen MR) is 188 cm³/mol. The molecule has 1 aliphatic carbocycles. The zero-order valence-electron chi connectivity index (χ0n) is 28.5. The molecule has 0 radical (unpaired) electrons. The highest BCUT2D eigenvalue weighted by Gasteiger charge is 2.47. The predicted octanol–water partition coefficient (Wildman–Crippen LogP) is 5.95. The second-order valence-corrected chi connectivity index (χ2v) is 15.3. The molecule has 1 saturated heterocycles. The number of aliphatic hydroxyl groups is 1. The van der Waals surface area contributed by atoms with Crippen molar-refractivity contribution >= 4 is 27.9 Å². The summed E-state index contributed by atoms with van der Waals surface area (Å²) in [5, 5.41) is 29.1. The molecule has 2 fully saturated rings. The maximum absolute atomic E-state index is 13.5. The van der Waals surface area contributed by atoms with Gasteiger partial charge in [0.1, 0.15) is 5.82 Å². The molecule has 272 valence electrons. The van der Waals surface area contributed by atoms with Crippen LogP contribution in [0.2, 0.25) is 0 Å². The Labute approximate surface area is 294 Å². The van der Waals surface area contributed by atoms with Crippen LogP contribution in [0.1, 0.15) is 93.0 Å². The van der Waals surface area contributed by atoms with Gasteiger partial charge in [0.2, 0.25) is 15.9 Å². The maximum atomic E-state index is 13.5. The third-order valence-electron chi connectivity index (χ3n) is 9.41. The number of nitrogens with zero attached hydrogens (tertiary/aromatic N) is 1. The van der Waals surface area contributed by atoms with Gasteiger partial charge in [-0.05, 0) is 98.9 Å². The maximum Gasteiger partial charge on any atom is 0.317 e. The molecule has 4 N–H and O–H groups in total. The number of aliphatic hydroxyl groups excluding tert-OH is 1. The van der Waals surface area contributed by atoms with Gasteiger partial charge in [0.15, 0.2) is 5.92 Å². The second-order valence-electron chi connectivity index (χ2n) is 13.5. The molecule has 4 rings (SSSR count). The number of halogens is 1. The number of hydrogen-bond donors (Lipinski definition) is 4. The Kier molecular flexibility index (Phi) is 14.3. The molecule has 0 aromatic heterocycles. The van der Waals surface area contributed by atoms with Crippen LogP contribution < -0.4 is 4.72 Å². The Hall–Kier alpha value is -3.87. The smallest absolute Gasteiger partial charge is 0.317 e. The van der Waals surface area contributed by atoms with E-state index in [1.807, 2.05) is 35.2 Å². The fraction of sp³-hybridized carbons (Fsp3) is 0.500. The molecule has 12 heteroatoms. The lowest BCUT2D eigenvalue weighted by molar-refractivity contribution is -0.157. The number of amides is 1. The summed E-state index contributed by atoms with van der Waals surface area (Å²) < 4.78 is 38.5. The van der Waals surface area contributed by atoms with Gasteiger partial charge >= 0.3 is 11.9 Å². The topological polar surface area (TPSA) is 161 Å². The number of rotatable bonds is 22. The van der Waals surface area contributed by atoms with Crippen molar-refractivity contribution in [1.82, 2.24) is 9.62 Å². The van der Waals surface area contributed by atoms with E-state index in [1.54, 1.807) is 12.1 Å². The molecule has 2 aromatic carbocycles. The molecule has 3 atom stereocenters. The quantitative estimate of drug-likeness (QED) is 0.0504. The number of allylic oxidation sites excluding steroid dienone is 3. The first-order valence-electron chi connectivity index (χ1n) is 17.4. The SMILES string of the molecule is CS(=O)(=O)NCCCCCC(C=CCN1C(=O)C(CCC(O)c2ccc(F)cc2)C1c1ccc(CCCC(C(=O)O)C(=O)O)cc1)=CC1CC1. The summed E-state index contributed by atoms with van der Waals surface area (Å²) in [6.45, 7) is 0.835. The number of unbranched alkanes of at least 4 members (excludes halogenated alkanes) is 2. The number of carbonyl (C=O) groups excluding carboxylic acids is 1. The van der Waals surface area contributed by atoms with Crippen molar-refractivity contribution in [2.75, 3.05) is 19.3 Å². The molecule has 1 amide bonds. The Balaban J connectivity index is 1.40. The lowest BCUT2D eigenvalue weighted by Crippen LogP contribution is -2.54. The van der Waals surface area contributed by atoms with Gasteiger partial charge < -0.3 is 20.2 Å². The molecule has 10 nitrogen and oxygen atoms in total. The highest BCUT2D eigenvalue weighted by molar-refractivity contribution is 7.88. The Morgan fingerprint density at radius 2 is 1.66 bits per heavy atom. The molecular weight excluding hydrogens is 663 g/mol. The number of β-lactam (4-membered cyclic amide) rings is 1. The summed E-state index contributed by atoms with van der Waals surface area (Å²) in [4.78, 5) is 37.8. The van der Waals surface area contributed by atoms with E-state index in [4.69, 9.17) is 10.2 Å². The summed E-state index contributed by atoms with van der Waals surface area (Å²) in [5.41, 5.74) is 3.68. The van der Waals surface area contributed by atoms with Crippen molar-refractivity contribution < 1.29 is 42.5 Å². The largest absolute Gasteiger partial charge is 0.481 e. The first kappa shape index (κ1) is 38.9. The monoisotopic (exact) mass is 712 g/mol. The molecule has 0 spiro atoms. The third kappa shape index (κ3) is 12.2. The summed E-state index contributed by atoms with van der Waals surface area (Å²) in [6, 6.07) is 13.2. The van der Waals surface area contributed by atoms with E-state index >= 15 is 0 Å². The van der Waals surface area contributed by atoms with Crippen LogP contribution in [0.25, 0.3) is 0 Å². The van der Waals surface area contributed by atoms with Crippen molar-refractivity contribution in [1.29, 1.82) is 0 Å². The summed E-state index contributed by atoms with van der Waals surface area (Å²) in [7, 11) is -3.19. The summed E-state index contributed by atoms with van der Waals surface area (Å²) >= 11 is 0. The highest BCUT2D eigenvalue weighted by Crippen LogP contribution is 2.43. The number of carbonyl (C=O) groups is 3. The van der Waals surface area contributed by atoms with Gasteiger partial charge in [-0.15, -0.1) is 0 Å². The van der Waals surface area contributed by atoms with Crippen molar-refractivity contribution in [3.63, 3.8) is 0 Å². The second kappa shape index (κ2) is 18.4. The Bertz CT molecular complexity index is 1610. The van der Waals surface area contributed by atoms with Crippen LogP contribution in [0, 0.1) is 23.6 Å². The number of benzene rings is 2. The average molecular weight is 713 g/mol. The lowest BCUT2D eigenvalue weighted by Gasteiger charge is -2.47. The molecule has 50 heavy (non-hydrogen) atoms. The van der Waals surface area contributed by atoms with Gasteiger partial charge in [0.05, 0.1) is 24.3 Å². The molecule has 0 bridgehead atoms. The molecule has 2 aromatic rings. The number of hydrogen-bond acceptors (Lipinski definition) is 6. The van der Waals surface area contributed by atoms with Crippen LogP contribution >= 0.6 is 0 Å². The minimum Gasteiger partial charge on any atom is -0.481 e. The van der Waals surface area contributed by atoms with Crippen molar-refractivity contribution in [3.8, 4) is 0 Å². The number of likely N-dealkylation sites (tertiary alicyclic amines) is 1. The van der Waals surface area contributed by atoms with E-state index in [2.05, 4.69) is 16.9 Å². The molecule has 1 saturated carbocycles. The average Bonchev–Trinajstić information content (AvgIpc) is 3.88. The molecule has 1 heterocycles. The first-order chi connectivity index (χ1) is 23.8. The molecule has 1 aliphatic heterocycles. The van der Waals surface area contributed by atoms with Gasteiger partial charge in [-0.3, -0.25) is 14.4 Å². The van der Waals surface area contributed by atoms with Crippen LogP contribution in [-0.2, 0) is 30.8 Å². The zero-order chi connectivity index (χ0) is 36.3. The van der Waals surface area contributed by atoms with Crippen molar-refractivity contribution in [2.24, 2.45) is 17.8 Å². The van der Waals surface area contributed by atoms with E-state index in [1.165, 1.54) is 30.5 Å². The normalized spacial score (nSPS) is 18.8. The van der Waals surface area contributed by atoms with E-state index in [0.29, 0.717) is 50.3 Å². The van der Waals surface area contributed by atoms with Gasteiger partial charge in [0, 0.05) is 13.1 Å². The Morgan fingerprint density at radius 3 is 2.28 bits per heavy atom. The number of carboxylic acids is 2. The number of sulfonamides is 1. The third-order valence-corrected chi connectivity index (χ3v) is 10.1. The zero-order valence-corrected chi connectivity index (χ0v) is 29.4. The number of carboxylic acid groups (broad SMARTS) is 2. The lowest BCUT2D eigenvalue weighted by atomic mass is 9.78. The van der Waals surface area contributed by atoms with Crippen LogP contribution in [0.15, 0.2) is 72.3 Å². The fourth-order valence-corrected chi connectivity index (χ4v) is 6.96. The first-order valence-corrected chi connectivity index (χ1v) is 19.3. The van der Waals surface area contributed by atoms with Crippen LogP contribution in [0.3, 0.4) is 0 Å². The standard InChI is InChI=1S/C38H49FN2O8S/c1-50(48,49)40-23-4-2-3-7-27(25-28-11-12-28)9-6-24-41-35(32(36(41)43)21-22-34(42)29-17-19-31(39)20-18-29)30-15-13-26(14-16-30)8-5-10-33(37(44)45)38(46)47/h6,9,13-20,25,28,32-35,40,42H,2-5,7-8,10-12,21-24H2,1H3,(H,44,45)(H,46,47). The summed E-state index contributed by atoms with van der Waals surface area (Å²) in [6.07, 6.45) is 14.3. The number of aliphatic carboxylic acids is 2. The van der Waals surface area contributed by atoms with Gasteiger partial charge in [-0.1, -0.05) is 66.6 Å². The summed E-state index contributed by atoms with van der Waals surface area (Å²) in [5.74, 6) is -4.29. The van der Waals surface area contributed by atoms with Crippen LogP contribution in [0.4, 0.5) is 4.39 Å². The van der Waals surface area contributed by atoms with E-state index in [-0.39, 0.29) is 30.1 Å². The molecular formula is C38H49FN2O8S. The molecule has 2 aliphatic rings. The minimum atomic E-state index is -3.19. The number of nitrogens with one attached hydrogen (secondary N) is 1. The van der Waals surface area contributed by atoms with Crippen LogP contribution in [-0.4, -0.2) is 65.8 Å². The van der Waals surface area contributed by atoms with Crippen molar-refractivity contribution in [3.05, 3.63) is 94.8 Å². The van der Waals surface area contributed by atoms with Crippen molar-refractivity contribution in [2.45, 2.75) is 82.8 Å².